The lowest BCUT2D eigenvalue weighted by Crippen LogP contribution is -2.27. The summed E-state index contributed by atoms with van der Waals surface area (Å²) in [6, 6.07) is 11.0. The molecule has 6 heteroatoms. The molecule has 1 unspecified atom stereocenters. The highest BCUT2D eigenvalue weighted by molar-refractivity contribution is 6.00. The molecule has 2 heterocycles. The minimum absolute atomic E-state index is 0.104. The Kier molecular flexibility index (Phi) is 4.03. The van der Waals surface area contributed by atoms with Crippen LogP contribution in [0, 0.1) is 19.8 Å². The van der Waals surface area contributed by atoms with Gasteiger partial charge in [-0.3, -0.25) is 9.59 Å². The van der Waals surface area contributed by atoms with Crippen LogP contribution in [0.5, 0.6) is 17.2 Å². The summed E-state index contributed by atoms with van der Waals surface area (Å²) in [5.41, 5.74) is 2.49. The summed E-state index contributed by atoms with van der Waals surface area (Å²) in [5, 5.41) is 0. The number of fused-ring (bicyclic) bond motifs is 1. The highest BCUT2D eigenvalue weighted by Gasteiger charge is 2.37. The minimum atomic E-state index is -0.494. The van der Waals surface area contributed by atoms with Crippen molar-refractivity contribution in [1.29, 1.82) is 0 Å². The number of para-hydroxylation sites is 1. The van der Waals surface area contributed by atoms with Crippen LogP contribution in [0.1, 0.15) is 17.5 Å². The maximum Gasteiger partial charge on any atom is 0.316 e. The van der Waals surface area contributed by atoms with Gasteiger partial charge in [0.05, 0.1) is 5.92 Å². The molecule has 6 nitrogen and oxygen atoms in total. The average molecular weight is 353 g/mol. The van der Waals surface area contributed by atoms with Crippen molar-refractivity contribution in [2.75, 3.05) is 18.2 Å². The predicted molar refractivity (Wildman–Crippen MR) is 94.6 cm³/mol. The van der Waals surface area contributed by atoms with E-state index in [1.165, 1.54) is 0 Å². The number of anilines is 1. The van der Waals surface area contributed by atoms with Gasteiger partial charge in [0.25, 0.3) is 0 Å². The Morgan fingerprint density at radius 3 is 2.62 bits per heavy atom. The second kappa shape index (κ2) is 6.37. The molecule has 0 radical (unpaired) electrons. The number of ether oxygens (including phenoxy) is 3. The molecule has 0 aromatic heterocycles. The molecule has 134 valence electrons. The van der Waals surface area contributed by atoms with Crippen LogP contribution >= 0.6 is 0 Å². The standard InChI is InChI=1S/C20H19NO5/c1-12-4-3-5-13(2)19(12)26-20(23)14-8-18(22)21(10-14)15-6-7-16-17(9-15)25-11-24-16/h3-7,9,14H,8,10-11H2,1-2H3. The number of carbonyl (C=O) groups excluding carboxylic acids is 2. The number of amides is 1. The zero-order chi connectivity index (χ0) is 18.3. The van der Waals surface area contributed by atoms with Crippen LogP contribution in [0.3, 0.4) is 0 Å². The summed E-state index contributed by atoms with van der Waals surface area (Å²) in [6.07, 6.45) is 0.137. The third kappa shape index (κ3) is 2.87. The number of benzene rings is 2. The van der Waals surface area contributed by atoms with E-state index in [4.69, 9.17) is 14.2 Å². The molecule has 1 amide bonds. The summed E-state index contributed by atoms with van der Waals surface area (Å²) < 4.78 is 16.3. The van der Waals surface area contributed by atoms with E-state index in [0.717, 1.165) is 11.1 Å². The molecule has 1 saturated heterocycles. The quantitative estimate of drug-likeness (QED) is 0.627. The highest BCUT2D eigenvalue weighted by Crippen LogP contribution is 2.37. The molecule has 4 rings (SSSR count). The van der Waals surface area contributed by atoms with Gasteiger partial charge in [-0.2, -0.15) is 0 Å². The normalized spacial score (nSPS) is 18.3. The van der Waals surface area contributed by atoms with E-state index in [1.54, 1.807) is 23.1 Å². The molecule has 0 aliphatic carbocycles. The Morgan fingerprint density at radius 2 is 1.85 bits per heavy atom. The average Bonchev–Trinajstić information content (AvgIpc) is 3.23. The number of hydrogen-bond donors (Lipinski definition) is 0. The fourth-order valence-corrected chi connectivity index (χ4v) is 3.31. The molecule has 0 bridgehead atoms. The molecule has 0 N–H and O–H groups in total. The van der Waals surface area contributed by atoms with Crippen molar-refractivity contribution in [3.05, 3.63) is 47.5 Å². The second-order valence-corrected chi connectivity index (χ2v) is 6.58. The van der Waals surface area contributed by atoms with Crippen molar-refractivity contribution in [2.45, 2.75) is 20.3 Å². The third-order valence-corrected chi connectivity index (χ3v) is 4.74. The smallest absolute Gasteiger partial charge is 0.316 e. The molecule has 2 aliphatic heterocycles. The van der Waals surface area contributed by atoms with Gasteiger partial charge in [0.2, 0.25) is 12.7 Å². The maximum atomic E-state index is 12.6. The summed E-state index contributed by atoms with van der Waals surface area (Å²) in [4.78, 5) is 26.6. The molecular weight excluding hydrogens is 334 g/mol. The van der Waals surface area contributed by atoms with E-state index in [-0.39, 0.29) is 25.1 Å². The van der Waals surface area contributed by atoms with Crippen LogP contribution in [-0.2, 0) is 9.59 Å². The Bertz CT molecular complexity index is 872. The summed E-state index contributed by atoms with van der Waals surface area (Å²) in [7, 11) is 0. The number of carbonyl (C=O) groups is 2. The lowest BCUT2D eigenvalue weighted by molar-refractivity contribution is -0.139. The van der Waals surface area contributed by atoms with Crippen molar-refractivity contribution >= 4 is 17.6 Å². The Morgan fingerprint density at radius 1 is 1.12 bits per heavy atom. The van der Waals surface area contributed by atoms with E-state index in [2.05, 4.69) is 0 Å². The van der Waals surface area contributed by atoms with Gasteiger partial charge < -0.3 is 19.1 Å². The van der Waals surface area contributed by atoms with Crippen LogP contribution in [-0.4, -0.2) is 25.2 Å². The first-order valence-electron chi connectivity index (χ1n) is 8.51. The summed E-state index contributed by atoms with van der Waals surface area (Å²) >= 11 is 0. The van der Waals surface area contributed by atoms with E-state index < -0.39 is 5.92 Å². The van der Waals surface area contributed by atoms with Crippen molar-refractivity contribution in [3.63, 3.8) is 0 Å². The van der Waals surface area contributed by atoms with Crippen LogP contribution < -0.4 is 19.1 Å². The van der Waals surface area contributed by atoms with E-state index in [0.29, 0.717) is 29.5 Å². The maximum absolute atomic E-state index is 12.6. The number of aryl methyl sites for hydroxylation is 2. The first-order valence-corrected chi connectivity index (χ1v) is 8.51. The molecule has 2 aromatic carbocycles. The van der Waals surface area contributed by atoms with Gasteiger partial charge in [0, 0.05) is 24.7 Å². The molecule has 2 aromatic rings. The molecule has 0 spiro atoms. The molecular formula is C20H19NO5. The zero-order valence-electron chi connectivity index (χ0n) is 14.7. The van der Waals surface area contributed by atoms with Gasteiger partial charge in [-0.1, -0.05) is 18.2 Å². The minimum Gasteiger partial charge on any atom is -0.454 e. The monoisotopic (exact) mass is 353 g/mol. The first kappa shape index (κ1) is 16.4. The van der Waals surface area contributed by atoms with E-state index in [1.807, 2.05) is 32.0 Å². The van der Waals surface area contributed by atoms with Gasteiger partial charge in [-0.25, -0.2) is 0 Å². The predicted octanol–water partition coefficient (Wildman–Crippen LogP) is 2.99. The van der Waals surface area contributed by atoms with Crippen LogP contribution in [0.15, 0.2) is 36.4 Å². The Labute approximate surface area is 151 Å². The second-order valence-electron chi connectivity index (χ2n) is 6.58. The fraction of sp³-hybridized carbons (Fsp3) is 0.300. The highest BCUT2D eigenvalue weighted by atomic mass is 16.7. The first-order chi connectivity index (χ1) is 12.5. The third-order valence-electron chi connectivity index (χ3n) is 4.74. The number of esters is 1. The lowest BCUT2D eigenvalue weighted by atomic mass is 10.1. The van der Waals surface area contributed by atoms with Gasteiger partial charge in [-0.05, 0) is 37.1 Å². The molecule has 26 heavy (non-hydrogen) atoms. The Balaban J connectivity index is 1.50. The van der Waals surface area contributed by atoms with Crippen LogP contribution in [0.2, 0.25) is 0 Å². The largest absolute Gasteiger partial charge is 0.454 e. The van der Waals surface area contributed by atoms with Crippen molar-refractivity contribution in [3.8, 4) is 17.2 Å². The van der Waals surface area contributed by atoms with Gasteiger partial charge in [-0.15, -0.1) is 0 Å². The van der Waals surface area contributed by atoms with Gasteiger partial charge in [0.1, 0.15) is 5.75 Å². The van der Waals surface area contributed by atoms with Crippen molar-refractivity contribution in [1.82, 2.24) is 0 Å². The van der Waals surface area contributed by atoms with E-state index in [9.17, 15) is 9.59 Å². The van der Waals surface area contributed by atoms with Crippen molar-refractivity contribution in [2.24, 2.45) is 5.92 Å². The van der Waals surface area contributed by atoms with Crippen LogP contribution in [0.4, 0.5) is 5.69 Å². The van der Waals surface area contributed by atoms with Gasteiger partial charge >= 0.3 is 5.97 Å². The number of nitrogens with zero attached hydrogens (tertiary/aromatic N) is 1. The molecule has 1 fully saturated rings. The topological polar surface area (TPSA) is 65.1 Å². The SMILES string of the molecule is Cc1cccc(C)c1OC(=O)C1CC(=O)N(c2ccc3c(c2)OCO3)C1. The van der Waals surface area contributed by atoms with Crippen molar-refractivity contribution < 1.29 is 23.8 Å². The van der Waals surface area contributed by atoms with E-state index >= 15 is 0 Å². The molecule has 0 saturated carbocycles. The lowest BCUT2D eigenvalue weighted by Gasteiger charge is -2.17. The zero-order valence-corrected chi connectivity index (χ0v) is 14.7. The molecule has 1 atom stereocenters. The summed E-state index contributed by atoms with van der Waals surface area (Å²) in [6.45, 7) is 4.27. The van der Waals surface area contributed by atoms with Gasteiger partial charge in [0.15, 0.2) is 11.5 Å². The summed E-state index contributed by atoms with van der Waals surface area (Å²) in [5.74, 6) is 0.868. The number of hydrogen-bond acceptors (Lipinski definition) is 5. The fourth-order valence-electron chi connectivity index (χ4n) is 3.31. The van der Waals surface area contributed by atoms with Crippen LogP contribution in [0.25, 0.3) is 0 Å². The molecule has 2 aliphatic rings. The number of rotatable bonds is 3. The Hall–Kier alpha value is -3.02.